The number of carboxylic acid groups (broad SMARTS) is 1. The minimum atomic E-state index is -1.28. The van der Waals surface area contributed by atoms with Crippen LogP contribution in [0.3, 0.4) is 0 Å². The van der Waals surface area contributed by atoms with E-state index in [1.165, 1.54) is 0 Å². The van der Waals surface area contributed by atoms with Crippen LogP contribution in [-0.4, -0.2) is 118 Å². The zero-order valence-electron chi connectivity index (χ0n) is 27.8. The SMILES string of the molecule is O=C(O)O[C@@H]1CCCCN1C1CCN(C(=O)[C@@H](Cc2cc(Br)c(O)c(Br)c2)OC(=O)N2CCC(N3CCc4ccccc4NC3=O)CC2)CC1. The standard InChI is InChI=1S/C35H43Br2N5O8/c36-26-19-22(20-27(37)31(26)43)21-29(32(44)39-14-9-24(10-15-39)41-13-4-3-7-30(41)50-35(47)48)49-34(46)40-16-11-25(12-17-40)42-18-8-23-5-1-2-6-28(23)38-33(42)45/h1-2,5-6,19-20,24-25,29-30,43H,3-4,7-18,21H2,(H,38,45)(H,47,48)/t29-,30-/m1/s1. The van der Waals surface area contributed by atoms with Gasteiger partial charge < -0.3 is 39.7 Å². The van der Waals surface area contributed by atoms with Gasteiger partial charge in [-0.25, -0.2) is 14.4 Å². The van der Waals surface area contributed by atoms with Crippen LogP contribution in [0.15, 0.2) is 45.3 Å². The quantitative estimate of drug-likeness (QED) is 0.285. The molecule has 4 aliphatic heterocycles. The number of carbonyl (C=O) groups excluding carboxylic acids is 3. The number of ether oxygens (including phenoxy) is 2. The Kier molecular flexibility index (Phi) is 11.7. The molecular formula is C35H43Br2N5O8. The van der Waals surface area contributed by atoms with Crippen molar-refractivity contribution in [2.24, 2.45) is 0 Å². The molecule has 4 aliphatic rings. The van der Waals surface area contributed by atoms with Crippen LogP contribution in [0, 0.1) is 0 Å². The van der Waals surface area contributed by atoms with Crippen molar-refractivity contribution in [2.45, 2.75) is 82.2 Å². The normalized spacial score (nSPS) is 21.5. The van der Waals surface area contributed by atoms with E-state index in [1.54, 1.807) is 21.9 Å². The first-order valence-corrected chi connectivity index (χ1v) is 18.9. The lowest BCUT2D eigenvalue weighted by Gasteiger charge is -2.44. The minimum absolute atomic E-state index is 0.0285. The molecule has 3 saturated heterocycles. The predicted molar refractivity (Wildman–Crippen MR) is 191 cm³/mol. The highest BCUT2D eigenvalue weighted by Crippen LogP contribution is 2.34. The number of urea groups is 1. The molecule has 0 aromatic heterocycles. The number of halogens is 2. The molecule has 2 aromatic carbocycles. The van der Waals surface area contributed by atoms with Crippen molar-refractivity contribution in [3.63, 3.8) is 0 Å². The fraction of sp³-hybridized carbons (Fsp3) is 0.543. The molecule has 0 saturated carbocycles. The van der Waals surface area contributed by atoms with Crippen LogP contribution in [0.1, 0.15) is 56.1 Å². The van der Waals surface area contributed by atoms with E-state index in [0.717, 1.165) is 37.1 Å². The number of nitrogens with one attached hydrogen (secondary N) is 1. The number of benzene rings is 2. The summed E-state index contributed by atoms with van der Waals surface area (Å²) in [5.74, 6) is -0.270. The van der Waals surface area contributed by atoms with Crippen molar-refractivity contribution in [3.05, 3.63) is 56.5 Å². The molecule has 3 N–H and O–H groups in total. The summed E-state index contributed by atoms with van der Waals surface area (Å²) in [6.45, 7) is 2.98. The van der Waals surface area contributed by atoms with Gasteiger partial charge in [-0.15, -0.1) is 0 Å². The second-order valence-electron chi connectivity index (χ2n) is 13.4. The Morgan fingerprint density at radius 1 is 0.880 bits per heavy atom. The first kappa shape index (κ1) is 36.2. The molecule has 15 heteroatoms. The molecule has 0 unspecified atom stereocenters. The van der Waals surface area contributed by atoms with Gasteiger partial charge >= 0.3 is 18.3 Å². The molecule has 6 rings (SSSR count). The van der Waals surface area contributed by atoms with Crippen LogP contribution in [-0.2, 0) is 27.1 Å². The second-order valence-corrected chi connectivity index (χ2v) is 15.1. The van der Waals surface area contributed by atoms with Crippen molar-refractivity contribution in [1.82, 2.24) is 19.6 Å². The zero-order valence-corrected chi connectivity index (χ0v) is 30.9. The summed E-state index contributed by atoms with van der Waals surface area (Å²) < 4.78 is 12.1. The van der Waals surface area contributed by atoms with E-state index in [2.05, 4.69) is 42.1 Å². The highest BCUT2D eigenvalue weighted by Gasteiger charge is 2.38. The number of para-hydroxylation sites is 1. The second kappa shape index (κ2) is 16.2. The lowest BCUT2D eigenvalue weighted by Crippen LogP contribution is -2.55. The summed E-state index contributed by atoms with van der Waals surface area (Å²) in [6.07, 6.45) is 2.39. The molecule has 4 heterocycles. The van der Waals surface area contributed by atoms with E-state index in [1.807, 2.05) is 29.2 Å². The average Bonchev–Trinajstić information content (AvgIpc) is 3.28. The molecule has 0 radical (unpaired) electrons. The molecular weight excluding hydrogens is 778 g/mol. The summed E-state index contributed by atoms with van der Waals surface area (Å²) in [5.41, 5.74) is 2.62. The van der Waals surface area contributed by atoms with Gasteiger partial charge in [0, 0.05) is 63.5 Å². The number of phenolic OH excluding ortho intramolecular Hbond substituents is 1. The molecule has 2 atom stereocenters. The number of nitrogens with zero attached hydrogens (tertiary/aromatic N) is 4. The molecule has 4 amide bonds. The van der Waals surface area contributed by atoms with Gasteiger partial charge in [0.05, 0.1) is 8.95 Å². The van der Waals surface area contributed by atoms with Gasteiger partial charge in [-0.1, -0.05) is 18.2 Å². The lowest BCUT2D eigenvalue weighted by molar-refractivity contribution is -0.143. The number of carbonyl (C=O) groups is 4. The van der Waals surface area contributed by atoms with Gasteiger partial charge in [-0.2, -0.15) is 0 Å². The van der Waals surface area contributed by atoms with Gasteiger partial charge in [0.2, 0.25) is 0 Å². The third-order valence-electron chi connectivity index (χ3n) is 10.3. The maximum Gasteiger partial charge on any atom is 0.507 e. The summed E-state index contributed by atoms with van der Waals surface area (Å²) >= 11 is 6.72. The summed E-state index contributed by atoms with van der Waals surface area (Å²) in [6, 6.07) is 11.1. The van der Waals surface area contributed by atoms with E-state index >= 15 is 0 Å². The molecule has 13 nitrogen and oxygen atoms in total. The number of amides is 4. The number of piperidine rings is 3. The predicted octanol–water partition coefficient (Wildman–Crippen LogP) is 6.02. The van der Waals surface area contributed by atoms with Gasteiger partial charge in [0.15, 0.2) is 12.3 Å². The topological polar surface area (TPSA) is 152 Å². The summed E-state index contributed by atoms with van der Waals surface area (Å²) in [7, 11) is 0. The minimum Gasteiger partial charge on any atom is -0.506 e. The molecule has 0 bridgehead atoms. The number of likely N-dealkylation sites (tertiary alicyclic amines) is 3. The number of hydrogen-bond donors (Lipinski definition) is 3. The fourth-order valence-corrected chi connectivity index (χ4v) is 8.91. The number of hydrogen-bond acceptors (Lipinski definition) is 8. The monoisotopic (exact) mass is 819 g/mol. The third-order valence-corrected chi connectivity index (χ3v) is 11.5. The molecule has 0 spiro atoms. The van der Waals surface area contributed by atoms with Crippen LogP contribution in [0.25, 0.3) is 0 Å². The van der Waals surface area contributed by atoms with E-state index < -0.39 is 24.6 Å². The van der Waals surface area contributed by atoms with Crippen molar-refractivity contribution >= 4 is 61.7 Å². The van der Waals surface area contributed by atoms with Gasteiger partial charge in [0.1, 0.15) is 5.75 Å². The Balaban J connectivity index is 1.09. The van der Waals surface area contributed by atoms with E-state index in [4.69, 9.17) is 9.47 Å². The average molecular weight is 822 g/mol. The Labute approximate surface area is 308 Å². The van der Waals surface area contributed by atoms with Gasteiger partial charge in [0.25, 0.3) is 5.91 Å². The lowest BCUT2D eigenvalue weighted by atomic mass is 9.98. The summed E-state index contributed by atoms with van der Waals surface area (Å²) in [4.78, 5) is 59.4. The highest BCUT2D eigenvalue weighted by molar-refractivity contribution is 9.11. The van der Waals surface area contributed by atoms with Gasteiger partial charge in [-0.05, 0) is 113 Å². The van der Waals surface area contributed by atoms with Crippen LogP contribution in [0.5, 0.6) is 5.75 Å². The zero-order chi connectivity index (χ0) is 35.4. The van der Waals surface area contributed by atoms with Crippen LogP contribution in [0.2, 0.25) is 0 Å². The maximum absolute atomic E-state index is 14.1. The first-order chi connectivity index (χ1) is 24.1. The Morgan fingerprint density at radius 3 is 2.24 bits per heavy atom. The van der Waals surface area contributed by atoms with E-state index in [9.17, 15) is 29.4 Å². The van der Waals surface area contributed by atoms with Crippen LogP contribution >= 0.6 is 31.9 Å². The van der Waals surface area contributed by atoms with E-state index in [-0.39, 0.29) is 36.2 Å². The largest absolute Gasteiger partial charge is 0.507 e. The van der Waals surface area contributed by atoms with Crippen molar-refractivity contribution in [2.75, 3.05) is 44.6 Å². The number of fused-ring (bicyclic) bond motifs is 1. The Morgan fingerprint density at radius 2 is 1.54 bits per heavy atom. The van der Waals surface area contributed by atoms with Crippen molar-refractivity contribution in [1.29, 1.82) is 0 Å². The van der Waals surface area contributed by atoms with Crippen LogP contribution < -0.4 is 5.32 Å². The maximum atomic E-state index is 14.1. The Hall–Kier alpha value is -3.56. The number of aromatic hydroxyl groups is 1. The third kappa shape index (κ3) is 8.48. The van der Waals surface area contributed by atoms with Crippen molar-refractivity contribution in [3.8, 4) is 5.75 Å². The van der Waals surface area contributed by atoms with Crippen molar-refractivity contribution < 1.29 is 38.9 Å². The highest BCUT2D eigenvalue weighted by atomic mass is 79.9. The molecule has 50 heavy (non-hydrogen) atoms. The van der Waals surface area contributed by atoms with Crippen LogP contribution in [0.4, 0.5) is 20.1 Å². The Bertz CT molecular complexity index is 1560. The van der Waals surface area contributed by atoms with Gasteiger partial charge in [-0.3, -0.25) is 9.69 Å². The number of phenols is 1. The fourth-order valence-electron chi connectivity index (χ4n) is 7.63. The number of anilines is 1. The number of rotatable bonds is 7. The summed E-state index contributed by atoms with van der Waals surface area (Å²) in [5, 5.41) is 22.5. The molecule has 3 fully saturated rings. The molecule has 270 valence electrons. The molecule has 0 aliphatic carbocycles. The smallest absolute Gasteiger partial charge is 0.506 e. The van der Waals surface area contributed by atoms with E-state index in [0.29, 0.717) is 79.3 Å². The first-order valence-electron chi connectivity index (χ1n) is 17.3. The molecule has 2 aromatic rings.